The van der Waals surface area contributed by atoms with Gasteiger partial charge in [0.15, 0.2) is 0 Å². The van der Waals surface area contributed by atoms with Crippen LogP contribution in [0, 0.1) is 6.92 Å². The Morgan fingerprint density at radius 1 is 1.04 bits per heavy atom. The molecule has 3 amide bonds. The van der Waals surface area contributed by atoms with Crippen molar-refractivity contribution in [3.8, 4) is 0 Å². The van der Waals surface area contributed by atoms with Gasteiger partial charge in [0.25, 0.3) is 5.91 Å². The van der Waals surface area contributed by atoms with E-state index in [4.69, 9.17) is 4.74 Å². The number of nitrogens with one attached hydrogen (secondary N) is 2. The Kier molecular flexibility index (Phi) is 7.88. The van der Waals surface area contributed by atoms with Gasteiger partial charge in [-0.2, -0.15) is 0 Å². The van der Waals surface area contributed by atoms with Crippen molar-refractivity contribution in [1.29, 1.82) is 0 Å². The Morgan fingerprint density at radius 3 is 2.33 bits per heavy atom. The number of imide groups is 1. The maximum absolute atomic E-state index is 12.3. The maximum atomic E-state index is 12.3. The van der Waals surface area contributed by atoms with Gasteiger partial charge in [-0.3, -0.25) is 14.9 Å². The van der Waals surface area contributed by atoms with Crippen molar-refractivity contribution in [3.05, 3.63) is 65.7 Å². The van der Waals surface area contributed by atoms with Gasteiger partial charge in [-0.05, 0) is 19.1 Å². The van der Waals surface area contributed by atoms with E-state index in [1.165, 1.54) is 24.4 Å². The van der Waals surface area contributed by atoms with Gasteiger partial charge in [-0.25, -0.2) is 4.79 Å². The van der Waals surface area contributed by atoms with Crippen LogP contribution < -0.4 is 10.6 Å². The van der Waals surface area contributed by atoms with Crippen LogP contribution in [-0.2, 0) is 14.3 Å². The lowest BCUT2D eigenvalue weighted by atomic mass is 10.1. The highest BCUT2D eigenvalue weighted by atomic mass is 32.2. The predicted octanol–water partition coefficient (Wildman–Crippen LogP) is 3.22. The number of rotatable bonds is 7. The van der Waals surface area contributed by atoms with Crippen LogP contribution in [0.5, 0.6) is 0 Å². The summed E-state index contributed by atoms with van der Waals surface area (Å²) < 4.78 is 5.36. The summed E-state index contributed by atoms with van der Waals surface area (Å²) in [7, 11) is 1.40. The van der Waals surface area contributed by atoms with Gasteiger partial charge in [0.05, 0.1) is 6.42 Å². The lowest BCUT2D eigenvalue weighted by Gasteiger charge is -2.17. The summed E-state index contributed by atoms with van der Waals surface area (Å²) in [4.78, 5) is 37.0. The van der Waals surface area contributed by atoms with E-state index in [0.29, 0.717) is 11.3 Å². The van der Waals surface area contributed by atoms with Crippen molar-refractivity contribution >= 4 is 29.7 Å². The minimum absolute atomic E-state index is 0.148. The number of hydrogen-bond acceptors (Lipinski definition) is 5. The van der Waals surface area contributed by atoms with E-state index in [1.807, 2.05) is 31.2 Å². The largest absolute Gasteiger partial charge is 0.447 e. The SMILES string of the molecule is CNC(=O)NC(=O)[C@H](OC(=O)CCSc1ccc(C)cc1)c1ccccc1. The van der Waals surface area contributed by atoms with Crippen molar-refractivity contribution < 1.29 is 19.1 Å². The first-order valence-corrected chi connectivity index (χ1v) is 9.44. The number of benzene rings is 2. The molecule has 0 aromatic heterocycles. The van der Waals surface area contributed by atoms with Crippen LogP contribution in [0.4, 0.5) is 4.79 Å². The van der Waals surface area contributed by atoms with Crippen molar-refractivity contribution in [3.63, 3.8) is 0 Å². The van der Waals surface area contributed by atoms with E-state index in [9.17, 15) is 14.4 Å². The first-order valence-electron chi connectivity index (χ1n) is 8.46. The molecular weight excluding hydrogens is 364 g/mol. The van der Waals surface area contributed by atoms with Crippen LogP contribution in [-0.4, -0.2) is 30.7 Å². The highest BCUT2D eigenvalue weighted by molar-refractivity contribution is 7.99. The fourth-order valence-corrected chi connectivity index (χ4v) is 3.05. The molecule has 0 fully saturated rings. The van der Waals surface area contributed by atoms with Crippen molar-refractivity contribution in [1.82, 2.24) is 10.6 Å². The van der Waals surface area contributed by atoms with Gasteiger partial charge in [-0.15, -0.1) is 11.8 Å². The third-order valence-electron chi connectivity index (χ3n) is 3.65. The predicted molar refractivity (Wildman–Crippen MR) is 104 cm³/mol. The van der Waals surface area contributed by atoms with E-state index in [0.717, 1.165) is 4.90 Å². The molecular formula is C20H22N2O4S. The molecule has 142 valence electrons. The topological polar surface area (TPSA) is 84.5 Å². The minimum Gasteiger partial charge on any atom is -0.447 e. The first kappa shape index (κ1) is 20.5. The summed E-state index contributed by atoms with van der Waals surface area (Å²) >= 11 is 1.54. The molecule has 1 atom stereocenters. The number of carbonyl (C=O) groups is 3. The fraction of sp³-hybridized carbons (Fsp3) is 0.250. The molecule has 2 N–H and O–H groups in total. The third-order valence-corrected chi connectivity index (χ3v) is 4.66. The van der Waals surface area contributed by atoms with Gasteiger partial charge in [0.2, 0.25) is 6.10 Å². The average Bonchev–Trinajstić information content (AvgIpc) is 2.68. The van der Waals surface area contributed by atoms with E-state index in [1.54, 1.807) is 30.3 Å². The summed E-state index contributed by atoms with van der Waals surface area (Å²) in [6.07, 6.45) is -1.03. The molecule has 2 aromatic carbocycles. The summed E-state index contributed by atoms with van der Waals surface area (Å²) in [5.74, 6) is -0.670. The number of ether oxygens (including phenoxy) is 1. The zero-order chi connectivity index (χ0) is 19.6. The molecule has 0 aliphatic rings. The van der Waals surface area contributed by atoms with E-state index in [2.05, 4.69) is 10.6 Å². The lowest BCUT2D eigenvalue weighted by Crippen LogP contribution is -2.41. The van der Waals surface area contributed by atoms with Crippen LogP contribution in [0.15, 0.2) is 59.5 Å². The van der Waals surface area contributed by atoms with Gasteiger partial charge in [0, 0.05) is 23.3 Å². The fourth-order valence-electron chi connectivity index (χ4n) is 2.22. The molecule has 6 nitrogen and oxygen atoms in total. The summed E-state index contributed by atoms with van der Waals surface area (Å²) in [6.45, 7) is 2.01. The first-order chi connectivity index (χ1) is 13.0. The van der Waals surface area contributed by atoms with Crippen LogP contribution >= 0.6 is 11.8 Å². The van der Waals surface area contributed by atoms with E-state index >= 15 is 0 Å². The lowest BCUT2D eigenvalue weighted by molar-refractivity contribution is -0.155. The van der Waals surface area contributed by atoms with E-state index < -0.39 is 24.0 Å². The molecule has 0 aliphatic carbocycles. The summed E-state index contributed by atoms with van der Waals surface area (Å²) in [5, 5.41) is 4.45. The molecule has 2 rings (SSSR count). The molecule has 0 unspecified atom stereocenters. The molecule has 27 heavy (non-hydrogen) atoms. The smallest absolute Gasteiger partial charge is 0.321 e. The number of amides is 3. The number of carbonyl (C=O) groups excluding carboxylic acids is 3. The minimum atomic E-state index is -1.18. The number of thioether (sulfide) groups is 1. The number of hydrogen-bond donors (Lipinski definition) is 2. The third kappa shape index (κ3) is 6.79. The van der Waals surface area contributed by atoms with Gasteiger partial charge in [0.1, 0.15) is 0 Å². The summed E-state index contributed by atoms with van der Waals surface area (Å²) in [5.41, 5.74) is 1.67. The van der Waals surface area contributed by atoms with Crippen molar-refractivity contribution in [2.75, 3.05) is 12.8 Å². The Labute approximate surface area is 162 Å². The molecule has 2 aromatic rings. The normalized spacial score (nSPS) is 11.3. The zero-order valence-electron chi connectivity index (χ0n) is 15.2. The number of urea groups is 1. The molecule has 0 saturated carbocycles. The van der Waals surface area contributed by atoms with Crippen molar-refractivity contribution in [2.45, 2.75) is 24.3 Å². The van der Waals surface area contributed by atoms with Gasteiger partial charge < -0.3 is 10.1 Å². The number of esters is 1. The standard InChI is InChI=1S/C20H22N2O4S/c1-14-8-10-16(11-9-14)27-13-12-17(23)26-18(15-6-4-3-5-7-15)19(24)22-20(25)21-2/h3-11,18H,12-13H2,1-2H3,(H2,21,22,24,25)/t18-/m1/s1. The second kappa shape index (κ2) is 10.4. The molecule has 0 saturated heterocycles. The maximum Gasteiger partial charge on any atom is 0.321 e. The Bertz CT molecular complexity index is 778. The molecule has 0 heterocycles. The molecule has 0 spiro atoms. The molecule has 7 heteroatoms. The highest BCUT2D eigenvalue weighted by Crippen LogP contribution is 2.21. The molecule has 0 bridgehead atoms. The van der Waals surface area contributed by atoms with Crippen molar-refractivity contribution in [2.24, 2.45) is 0 Å². The Balaban J connectivity index is 1.95. The van der Waals surface area contributed by atoms with Crippen LogP contribution in [0.3, 0.4) is 0 Å². The van der Waals surface area contributed by atoms with Crippen LogP contribution in [0.2, 0.25) is 0 Å². The van der Waals surface area contributed by atoms with E-state index in [-0.39, 0.29) is 6.42 Å². The highest BCUT2D eigenvalue weighted by Gasteiger charge is 2.26. The second-order valence-corrected chi connectivity index (χ2v) is 6.93. The molecule has 0 radical (unpaired) electrons. The zero-order valence-corrected chi connectivity index (χ0v) is 16.0. The van der Waals surface area contributed by atoms with Gasteiger partial charge >= 0.3 is 12.0 Å². The Hall–Kier alpha value is -2.80. The number of aryl methyl sites for hydroxylation is 1. The van der Waals surface area contributed by atoms with Crippen LogP contribution in [0.1, 0.15) is 23.7 Å². The molecule has 0 aliphatic heterocycles. The second-order valence-electron chi connectivity index (χ2n) is 5.76. The Morgan fingerprint density at radius 2 is 1.70 bits per heavy atom. The van der Waals surface area contributed by atoms with Gasteiger partial charge in [-0.1, -0.05) is 48.0 Å². The van der Waals surface area contributed by atoms with Crippen LogP contribution in [0.25, 0.3) is 0 Å². The average molecular weight is 386 g/mol. The quantitative estimate of drug-likeness (QED) is 0.564. The monoisotopic (exact) mass is 386 g/mol. The summed E-state index contributed by atoms with van der Waals surface area (Å²) in [6, 6.07) is 15.9.